The van der Waals surface area contributed by atoms with Gasteiger partial charge in [0.25, 0.3) is 0 Å². The molecule has 5 rings (SSSR count). The summed E-state index contributed by atoms with van der Waals surface area (Å²) in [6.07, 6.45) is 0.965. The molecule has 0 spiro atoms. The minimum atomic E-state index is 0.837. The van der Waals surface area contributed by atoms with Gasteiger partial charge < -0.3 is 9.73 Å². The molecule has 4 nitrogen and oxygen atoms in total. The molecule has 3 heterocycles. The molecule has 0 saturated carbocycles. The number of nitrogens with one attached hydrogen (secondary N) is 1. The van der Waals surface area contributed by atoms with Crippen LogP contribution in [0.1, 0.15) is 16.7 Å². The van der Waals surface area contributed by atoms with Gasteiger partial charge in [-0.25, -0.2) is 4.68 Å². The zero-order chi connectivity index (χ0) is 17.0. The van der Waals surface area contributed by atoms with Gasteiger partial charge in [0, 0.05) is 17.5 Å². The third-order valence-corrected chi connectivity index (χ3v) is 5.04. The topological polar surface area (TPSA) is 43.0 Å². The summed E-state index contributed by atoms with van der Waals surface area (Å²) in [7, 11) is 0. The first-order valence-electron chi connectivity index (χ1n) is 8.63. The second kappa shape index (κ2) is 5.24. The second-order valence-electron chi connectivity index (χ2n) is 6.68. The van der Waals surface area contributed by atoms with Gasteiger partial charge in [0.1, 0.15) is 17.1 Å². The molecule has 2 aromatic carbocycles. The fourth-order valence-electron chi connectivity index (χ4n) is 3.52. The molecule has 1 aliphatic heterocycles. The zero-order valence-corrected chi connectivity index (χ0v) is 14.3. The zero-order valence-electron chi connectivity index (χ0n) is 14.3. The van der Waals surface area contributed by atoms with Crippen LogP contribution in [0.4, 0.5) is 5.82 Å². The number of aryl methyl sites for hydroxylation is 2. The molecule has 124 valence electrons. The molecular formula is C21H19N3O. The lowest BCUT2D eigenvalue weighted by atomic mass is 10.1. The molecule has 2 aromatic heterocycles. The molecule has 1 aliphatic rings. The predicted octanol–water partition coefficient (Wildman–Crippen LogP) is 4.87. The number of hydrogen-bond donors (Lipinski definition) is 1. The van der Waals surface area contributed by atoms with Crippen molar-refractivity contribution in [2.45, 2.75) is 20.3 Å². The second-order valence-corrected chi connectivity index (χ2v) is 6.68. The number of hydrogen-bond acceptors (Lipinski definition) is 3. The van der Waals surface area contributed by atoms with Crippen LogP contribution in [-0.2, 0) is 6.42 Å². The molecule has 1 N–H and O–H groups in total. The maximum Gasteiger partial charge on any atom is 0.156 e. The number of rotatable bonds is 2. The van der Waals surface area contributed by atoms with E-state index in [1.54, 1.807) is 0 Å². The lowest BCUT2D eigenvalue weighted by molar-refractivity contribution is 0.626. The van der Waals surface area contributed by atoms with Crippen molar-refractivity contribution in [2.75, 3.05) is 11.9 Å². The fourth-order valence-corrected chi connectivity index (χ4v) is 3.52. The molecule has 25 heavy (non-hydrogen) atoms. The van der Waals surface area contributed by atoms with Crippen molar-refractivity contribution < 1.29 is 4.42 Å². The fraction of sp³-hybridized carbons (Fsp3) is 0.190. The van der Waals surface area contributed by atoms with Crippen LogP contribution in [0.2, 0.25) is 0 Å². The molecule has 0 atom stereocenters. The van der Waals surface area contributed by atoms with E-state index < -0.39 is 0 Å². The van der Waals surface area contributed by atoms with Crippen molar-refractivity contribution in [2.24, 2.45) is 0 Å². The van der Waals surface area contributed by atoms with Crippen LogP contribution >= 0.6 is 0 Å². The summed E-state index contributed by atoms with van der Waals surface area (Å²) in [6.45, 7) is 5.20. The van der Waals surface area contributed by atoms with E-state index in [0.717, 1.165) is 46.9 Å². The van der Waals surface area contributed by atoms with E-state index in [9.17, 15) is 0 Å². The van der Waals surface area contributed by atoms with Crippen molar-refractivity contribution in [3.8, 4) is 17.1 Å². The van der Waals surface area contributed by atoms with Crippen molar-refractivity contribution in [3.63, 3.8) is 0 Å². The first-order chi connectivity index (χ1) is 12.2. The molecule has 0 aliphatic carbocycles. The highest BCUT2D eigenvalue weighted by molar-refractivity contribution is 5.83. The predicted molar refractivity (Wildman–Crippen MR) is 100 cm³/mol. The molecule has 4 heteroatoms. The number of furan rings is 1. The quantitative estimate of drug-likeness (QED) is 0.570. The van der Waals surface area contributed by atoms with Crippen molar-refractivity contribution >= 4 is 16.8 Å². The Morgan fingerprint density at radius 3 is 2.76 bits per heavy atom. The van der Waals surface area contributed by atoms with Crippen LogP contribution in [0.15, 0.2) is 52.9 Å². The van der Waals surface area contributed by atoms with Crippen LogP contribution in [0.25, 0.3) is 28.1 Å². The van der Waals surface area contributed by atoms with Gasteiger partial charge in [-0.2, -0.15) is 5.10 Å². The Kier molecular flexibility index (Phi) is 3.01. The summed E-state index contributed by atoms with van der Waals surface area (Å²) < 4.78 is 8.08. The normalized spacial score (nSPS) is 13.2. The monoisotopic (exact) mass is 329 g/mol. The largest absolute Gasteiger partial charge is 0.454 e. The smallest absolute Gasteiger partial charge is 0.156 e. The molecule has 0 fully saturated rings. The number of benzene rings is 2. The number of nitrogens with zero attached hydrogens (tertiary/aromatic N) is 2. The average Bonchev–Trinajstić information content (AvgIpc) is 3.30. The van der Waals surface area contributed by atoms with Crippen LogP contribution in [0, 0.1) is 13.8 Å². The maximum atomic E-state index is 6.07. The highest BCUT2D eigenvalue weighted by atomic mass is 16.3. The minimum Gasteiger partial charge on any atom is -0.454 e. The molecule has 4 aromatic rings. The number of fused-ring (bicyclic) bond motifs is 2. The Balaban J connectivity index is 1.70. The summed E-state index contributed by atoms with van der Waals surface area (Å²) >= 11 is 0. The average molecular weight is 329 g/mol. The third-order valence-electron chi connectivity index (χ3n) is 5.04. The summed E-state index contributed by atoms with van der Waals surface area (Å²) in [5.41, 5.74) is 6.71. The number of para-hydroxylation sites is 1. The van der Waals surface area contributed by atoms with E-state index in [1.807, 2.05) is 22.9 Å². The van der Waals surface area contributed by atoms with Gasteiger partial charge in [-0.1, -0.05) is 24.3 Å². The Hall–Kier alpha value is -3.01. The highest BCUT2D eigenvalue weighted by Gasteiger charge is 2.25. The first-order valence-corrected chi connectivity index (χ1v) is 8.63. The lowest BCUT2D eigenvalue weighted by Crippen LogP contribution is -2.04. The number of aromatic nitrogens is 2. The molecule has 0 saturated heterocycles. The van der Waals surface area contributed by atoms with Crippen LogP contribution in [0.3, 0.4) is 0 Å². The molecule has 0 radical (unpaired) electrons. The van der Waals surface area contributed by atoms with E-state index in [-0.39, 0.29) is 0 Å². The van der Waals surface area contributed by atoms with E-state index in [1.165, 1.54) is 16.7 Å². The van der Waals surface area contributed by atoms with Crippen molar-refractivity contribution in [1.29, 1.82) is 0 Å². The molecule has 0 unspecified atom stereocenters. The van der Waals surface area contributed by atoms with Gasteiger partial charge >= 0.3 is 0 Å². The Labute approximate surface area is 146 Å². The van der Waals surface area contributed by atoms with Crippen LogP contribution < -0.4 is 5.32 Å². The van der Waals surface area contributed by atoms with Crippen molar-refractivity contribution in [1.82, 2.24) is 9.78 Å². The van der Waals surface area contributed by atoms with Gasteiger partial charge in [0.15, 0.2) is 5.76 Å². The summed E-state index contributed by atoms with van der Waals surface area (Å²) in [5.74, 6) is 1.92. The van der Waals surface area contributed by atoms with Gasteiger partial charge in [-0.3, -0.25) is 0 Å². The SMILES string of the molecule is Cc1ccc(-n2nc(-c3cc4ccccc4o3)c3c2NCC3)cc1C. The van der Waals surface area contributed by atoms with Gasteiger partial charge in [0.2, 0.25) is 0 Å². The van der Waals surface area contributed by atoms with Crippen LogP contribution in [-0.4, -0.2) is 16.3 Å². The Bertz CT molecular complexity index is 1070. The highest BCUT2D eigenvalue weighted by Crippen LogP contribution is 2.37. The molecule has 0 amide bonds. The van der Waals surface area contributed by atoms with Gasteiger partial charge in [-0.15, -0.1) is 0 Å². The first kappa shape index (κ1) is 14.3. The Morgan fingerprint density at radius 2 is 1.92 bits per heavy atom. The van der Waals surface area contributed by atoms with Crippen molar-refractivity contribution in [3.05, 3.63) is 65.2 Å². The third kappa shape index (κ3) is 2.18. The summed E-state index contributed by atoms with van der Waals surface area (Å²) in [4.78, 5) is 0. The summed E-state index contributed by atoms with van der Waals surface area (Å²) in [6, 6.07) is 16.6. The molecular weight excluding hydrogens is 310 g/mol. The minimum absolute atomic E-state index is 0.837. The van der Waals surface area contributed by atoms with Crippen LogP contribution in [0.5, 0.6) is 0 Å². The maximum absolute atomic E-state index is 6.07. The standard InChI is InChI=1S/C21H19N3O/c1-13-7-8-16(11-14(13)2)24-21-17(9-10-22-21)20(23-24)19-12-15-5-3-4-6-18(15)25-19/h3-8,11-12,22H,9-10H2,1-2H3. The van der Waals surface area contributed by atoms with E-state index in [2.05, 4.69) is 49.5 Å². The summed E-state index contributed by atoms with van der Waals surface area (Å²) in [5, 5.41) is 9.49. The van der Waals surface area contributed by atoms with E-state index in [0.29, 0.717) is 0 Å². The molecule has 0 bridgehead atoms. The van der Waals surface area contributed by atoms with Gasteiger partial charge in [-0.05, 0) is 55.7 Å². The van der Waals surface area contributed by atoms with E-state index >= 15 is 0 Å². The van der Waals surface area contributed by atoms with E-state index in [4.69, 9.17) is 9.52 Å². The lowest BCUT2D eigenvalue weighted by Gasteiger charge is -2.08. The number of anilines is 1. The van der Waals surface area contributed by atoms with Gasteiger partial charge in [0.05, 0.1) is 5.69 Å². The Morgan fingerprint density at radius 1 is 1.04 bits per heavy atom.